The van der Waals surface area contributed by atoms with E-state index in [0.717, 1.165) is 15.7 Å². The number of hydrogen-bond acceptors (Lipinski definition) is 8. The van der Waals surface area contributed by atoms with Crippen molar-refractivity contribution in [2.45, 2.75) is 56.3 Å². The number of carbonyl (C=O) groups excluding carboxylic acids is 6. The van der Waals surface area contributed by atoms with E-state index in [1.54, 1.807) is 6.07 Å². The van der Waals surface area contributed by atoms with Gasteiger partial charge in [0, 0.05) is 25.8 Å². The van der Waals surface area contributed by atoms with Gasteiger partial charge in [0.05, 0.1) is 13.2 Å². The Bertz CT molecular complexity index is 1470. The van der Waals surface area contributed by atoms with Gasteiger partial charge in [0.15, 0.2) is 0 Å². The van der Waals surface area contributed by atoms with Crippen molar-refractivity contribution in [3.05, 3.63) is 48.0 Å². The molecule has 0 spiro atoms. The Hall–Kier alpha value is -4.76. The number of hydrogen-bond donors (Lipinski definition) is 6. The Labute approximate surface area is 269 Å². The van der Waals surface area contributed by atoms with Crippen LogP contribution in [-0.2, 0) is 44.7 Å². The lowest BCUT2D eigenvalue weighted by atomic mass is 10.00. The molecule has 0 aromatic heterocycles. The first-order valence-corrected chi connectivity index (χ1v) is 15.0. The molecule has 2 aromatic rings. The van der Waals surface area contributed by atoms with Crippen LogP contribution in [0.3, 0.4) is 0 Å². The fraction of sp³-hybridized carbons (Fsp3) is 0.433. The molecule has 16 heteroatoms. The van der Waals surface area contributed by atoms with Crippen molar-refractivity contribution in [2.24, 2.45) is 11.5 Å². The molecule has 0 unspecified atom stereocenters. The Balaban J connectivity index is 1.88. The summed E-state index contributed by atoms with van der Waals surface area (Å²) in [4.78, 5) is 88.5. The highest BCUT2D eigenvalue weighted by Gasteiger charge is 2.38. The zero-order valence-corrected chi connectivity index (χ0v) is 25.7. The molecule has 0 bridgehead atoms. The smallest absolute Gasteiger partial charge is 0.303 e. The summed E-state index contributed by atoms with van der Waals surface area (Å²) in [5, 5.41) is 18.5. The van der Waals surface area contributed by atoms with Crippen molar-refractivity contribution in [2.75, 3.05) is 25.6 Å². The number of ether oxygens (including phenoxy) is 1. The van der Waals surface area contributed by atoms with Gasteiger partial charge < -0.3 is 42.2 Å². The van der Waals surface area contributed by atoms with Crippen molar-refractivity contribution in [3.8, 4) is 0 Å². The van der Waals surface area contributed by atoms with Gasteiger partial charge in [-0.25, -0.2) is 0 Å². The summed E-state index contributed by atoms with van der Waals surface area (Å²) in [5.74, 6) is -6.25. The molecular formula is C30H37ClN6O9. The van der Waals surface area contributed by atoms with Gasteiger partial charge in [-0.3, -0.25) is 33.6 Å². The second-order valence-corrected chi connectivity index (χ2v) is 11.0. The molecule has 1 aliphatic rings. The van der Waals surface area contributed by atoms with Gasteiger partial charge in [-0.2, -0.15) is 0 Å². The molecule has 46 heavy (non-hydrogen) atoms. The number of benzene rings is 2. The minimum absolute atomic E-state index is 0.0295. The second-order valence-electron chi connectivity index (χ2n) is 10.7. The highest BCUT2D eigenvalue weighted by molar-refractivity contribution is 6.27. The van der Waals surface area contributed by atoms with Crippen LogP contribution in [0.25, 0.3) is 10.8 Å². The van der Waals surface area contributed by atoms with Crippen LogP contribution in [0.2, 0.25) is 0 Å². The lowest BCUT2D eigenvalue weighted by Gasteiger charge is -2.37. The summed E-state index contributed by atoms with van der Waals surface area (Å²) in [6.07, 6.45) is -1.11. The zero-order valence-electron chi connectivity index (χ0n) is 24.9. The highest BCUT2D eigenvalue weighted by Crippen LogP contribution is 2.18. The third kappa shape index (κ3) is 10.4. The second kappa shape index (κ2) is 17.1. The Morgan fingerprint density at radius 1 is 0.913 bits per heavy atom. The number of carboxylic acid groups (broad SMARTS) is 1. The van der Waals surface area contributed by atoms with Crippen LogP contribution in [0.1, 0.15) is 31.2 Å². The number of morpholine rings is 1. The molecule has 248 valence electrons. The molecule has 3 rings (SSSR count). The molecule has 1 fully saturated rings. The van der Waals surface area contributed by atoms with Crippen LogP contribution in [0, 0.1) is 0 Å². The van der Waals surface area contributed by atoms with Gasteiger partial charge >= 0.3 is 5.97 Å². The molecule has 1 saturated heterocycles. The highest BCUT2D eigenvalue weighted by atomic mass is 35.5. The lowest BCUT2D eigenvalue weighted by molar-refractivity contribution is -0.152. The van der Waals surface area contributed by atoms with Gasteiger partial charge in [0.1, 0.15) is 30.0 Å². The maximum absolute atomic E-state index is 13.7. The summed E-state index contributed by atoms with van der Waals surface area (Å²) < 4.78 is 5.46. The predicted molar refractivity (Wildman–Crippen MR) is 165 cm³/mol. The predicted octanol–water partition coefficient (Wildman–Crippen LogP) is -1.08. The van der Waals surface area contributed by atoms with Crippen LogP contribution in [-0.4, -0.2) is 101 Å². The fourth-order valence-electron chi connectivity index (χ4n) is 4.97. The summed E-state index contributed by atoms with van der Waals surface area (Å²) in [6.45, 7) is -0.249. The summed E-state index contributed by atoms with van der Waals surface area (Å²) in [7, 11) is 0. The number of halogens is 1. The summed E-state index contributed by atoms with van der Waals surface area (Å²) >= 11 is 5.58. The number of rotatable bonds is 16. The number of nitrogens with one attached hydrogen (secondary N) is 3. The van der Waals surface area contributed by atoms with E-state index < -0.39 is 77.9 Å². The first kappa shape index (κ1) is 35.7. The largest absolute Gasteiger partial charge is 0.481 e. The van der Waals surface area contributed by atoms with Gasteiger partial charge in [-0.05, 0) is 29.2 Å². The molecule has 0 saturated carbocycles. The first-order chi connectivity index (χ1) is 21.9. The minimum Gasteiger partial charge on any atom is -0.481 e. The standard InChI is InChI=1S/C30H37ClN6O9/c31-15-25(39)34-21(8-10-26(40)41)30(45)37-11-12-46-16-23(37)29(44)36-22(28(43)35-20(27(33)42)7-9-24(32)38)14-17-5-6-18-3-1-2-4-19(18)13-17/h1-6,13,20-23H,7-12,14-16H2,(H2,32,38)(H2,33,42)(H,34,39)(H,35,43)(H,36,44)(H,40,41)/t20-,21-,22-,23-/m0/s1. The monoisotopic (exact) mass is 660 g/mol. The average Bonchev–Trinajstić information content (AvgIpc) is 3.03. The molecule has 4 atom stereocenters. The van der Waals surface area contributed by atoms with Gasteiger partial charge in [0.25, 0.3) is 0 Å². The number of aliphatic carboxylic acids is 1. The van der Waals surface area contributed by atoms with Crippen molar-refractivity contribution < 1.29 is 43.4 Å². The Morgan fingerprint density at radius 2 is 1.61 bits per heavy atom. The van der Waals surface area contributed by atoms with Crippen LogP contribution >= 0.6 is 11.6 Å². The van der Waals surface area contributed by atoms with Crippen LogP contribution in [0.4, 0.5) is 0 Å². The van der Waals surface area contributed by atoms with E-state index in [2.05, 4.69) is 16.0 Å². The quantitative estimate of drug-likeness (QED) is 0.120. The molecule has 15 nitrogen and oxygen atoms in total. The maximum atomic E-state index is 13.7. The number of fused-ring (bicyclic) bond motifs is 1. The van der Waals surface area contributed by atoms with Crippen molar-refractivity contribution in [3.63, 3.8) is 0 Å². The molecule has 2 aromatic carbocycles. The van der Waals surface area contributed by atoms with Gasteiger partial charge in [-0.1, -0.05) is 42.5 Å². The SMILES string of the molecule is NC(=O)CC[C@H](NC(=O)[C@H](Cc1ccc2ccccc2c1)NC(=O)[C@@H]1COCCN1C(=O)[C@H](CCC(=O)O)NC(=O)CCl)C(N)=O. The molecule has 8 N–H and O–H groups in total. The van der Waals surface area contributed by atoms with Crippen molar-refractivity contribution in [1.82, 2.24) is 20.9 Å². The number of primary amides is 2. The topological polar surface area (TPSA) is 240 Å². The number of carboxylic acids is 1. The zero-order chi connectivity index (χ0) is 33.8. The molecule has 1 aliphatic heterocycles. The van der Waals surface area contributed by atoms with E-state index in [0.29, 0.717) is 5.56 Å². The van der Waals surface area contributed by atoms with E-state index in [9.17, 15) is 33.6 Å². The summed E-state index contributed by atoms with van der Waals surface area (Å²) in [6, 6.07) is 7.91. The van der Waals surface area contributed by atoms with E-state index in [1.807, 2.05) is 36.4 Å². The maximum Gasteiger partial charge on any atom is 0.303 e. The van der Waals surface area contributed by atoms with Crippen LogP contribution in [0.5, 0.6) is 0 Å². The Kier molecular flexibility index (Phi) is 13.3. The molecular weight excluding hydrogens is 624 g/mol. The number of amides is 6. The third-order valence-corrected chi connectivity index (χ3v) is 7.58. The van der Waals surface area contributed by atoms with Crippen molar-refractivity contribution in [1.29, 1.82) is 0 Å². The average molecular weight is 661 g/mol. The molecule has 0 radical (unpaired) electrons. The summed E-state index contributed by atoms with van der Waals surface area (Å²) in [5.41, 5.74) is 11.3. The van der Waals surface area contributed by atoms with Crippen molar-refractivity contribution >= 4 is 63.8 Å². The van der Waals surface area contributed by atoms with Crippen LogP contribution in [0.15, 0.2) is 42.5 Å². The normalized spacial score (nSPS) is 16.5. The number of nitrogens with two attached hydrogens (primary N) is 2. The molecule has 0 aliphatic carbocycles. The Morgan fingerprint density at radius 3 is 2.26 bits per heavy atom. The number of carbonyl (C=O) groups is 7. The van der Waals surface area contributed by atoms with Gasteiger partial charge in [-0.15, -0.1) is 11.6 Å². The minimum atomic E-state index is -1.28. The van der Waals surface area contributed by atoms with E-state index in [-0.39, 0.29) is 45.4 Å². The number of nitrogens with zero attached hydrogens (tertiary/aromatic N) is 1. The van der Waals surface area contributed by atoms with E-state index in [1.165, 1.54) is 0 Å². The van der Waals surface area contributed by atoms with E-state index in [4.69, 9.17) is 32.9 Å². The van der Waals surface area contributed by atoms with Crippen LogP contribution < -0.4 is 27.4 Å². The fourth-order valence-corrected chi connectivity index (χ4v) is 5.04. The van der Waals surface area contributed by atoms with Gasteiger partial charge in [0.2, 0.25) is 35.4 Å². The molecule has 6 amide bonds. The first-order valence-electron chi connectivity index (χ1n) is 14.5. The lowest BCUT2D eigenvalue weighted by Crippen LogP contribution is -2.62. The third-order valence-electron chi connectivity index (χ3n) is 7.34. The molecule has 1 heterocycles. The number of alkyl halides is 1. The van der Waals surface area contributed by atoms with E-state index >= 15 is 0 Å².